The summed E-state index contributed by atoms with van der Waals surface area (Å²) < 4.78 is 28.6. The molecule has 3 N–H and O–H groups in total. The molecule has 0 atom stereocenters. The van der Waals surface area contributed by atoms with Gasteiger partial charge in [0, 0.05) is 8.95 Å². The molecule has 0 aliphatic heterocycles. The molecular weight excluding hydrogens is 408 g/mol. The molecule has 112 valence electrons. The highest BCUT2D eigenvalue weighted by Crippen LogP contribution is 2.34. The van der Waals surface area contributed by atoms with Gasteiger partial charge in [-0.3, -0.25) is 4.72 Å². The van der Waals surface area contributed by atoms with E-state index in [2.05, 4.69) is 36.6 Å². The summed E-state index contributed by atoms with van der Waals surface area (Å²) in [5.74, 6) is 0.436. The Morgan fingerprint density at radius 3 is 2.45 bits per heavy atom. The Morgan fingerprint density at radius 2 is 1.85 bits per heavy atom. The van der Waals surface area contributed by atoms with Gasteiger partial charge in [-0.2, -0.15) is 0 Å². The fraction of sp³-hybridized carbons (Fsp3) is 0.538. The van der Waals surface area contributed by atoms with Crippen molar-refractivity contribution in [3.8, 4) is 0 Å². The van der Waals surface area contributed by atoms with Crippen LogP contribution in [0, 0.1) is 5.92 Å². The lowest BCUT2D eigenvalue weighted by molar-refractivity contribution is 0.385. The van der Waals surface area contributed by atoms with E-state index in [9.17, 15) is 8.42 Å². The molecule has 0 unspecified atom stereocenters. The Bertz CT molecular complexity index is 561. The number of rotatable bonds is 4. The largest absolute Gasteiger partial charge is 0.397 e. The quantitative estimate of drug-likeness (QED) is 0.712. The molecule has 0 spiro atoms. The van der Waals surface area contributed by atoms with Crippen LogP contribution < -0.4 is 10.5 Å². The van der Waals surface area contributed by atoms with E-state index >= 15 is 0 Å². The van der Waals surface area contributed by atoms with Crippen LogP contribution in [0.3, 0.4) is 0 Å². The average molecular weight is 426 g/mol. The zero-order valence-corrected chi connectivity index (χ0v) is 15.0. The van der Waals surface area contributed by atoms with Crippen LogP contribution in [0.15, 0.2) is 21.1 Å². The Kier molecular flexibility index (Phi) is 5.36. The minimum absolute atomic E-state index is 0.176. The average Bonchev–Trinajstić information content (AvgIpc) is 2.34. The van der Waals surface area contributed by atoms with E-state index in [0.717, 1.165) is 30.2 Å². The van der Waals surface area contributed by atoms with Crippen LogP contribution >= 0.6 is 31.9 Å². The number of hydrogen-bond donors (Lipinski definition) is 2. The van der Waals surface area contributed by atoms with Crippen molar-refractivity contribution in [2.24, 2.45) is 5.92 Å². The second-order valence-electron chi connectivity index (χ2n) is 5.24. The van der Waals surface area contributed by atoms with Gasteiger partial charge in [0.2, 0.25) is 10.0 Å². The predicted molar refractivity (Wildman–Crippen MR) is 90.2 cm³/mol. The van der Waals surface area contributed by atoms with Crippen molar-refractivity contribution in [1.29, 1.82) is 0 Å². The lowest BCUT2D eigenvalue weighted by Crippen LogP contribution is -2.24. The van der Waals surface area contributed by atoms with Gasteiger partial charge < -0.3 is 5.73 Å². The fourth-order valence-electron chi connectivity index (χ4n) is 2.56. The SMILES string of the molecule is Nc1cc(Br)cc(Br)c1NS(=O)(=O)CC1CCCCC1. The first-order valence-electron chi connectivity index (χ1n) is 6.62. The van der Waals surface area contributed by atoms with E-state index in [-0.39, 0.29) is 11.7 Å². The van der Waals surface area contributed by atoms with Crippen molar-refractivity contribution < 1.29 is 8.42 Å². The number of benzene rings is 1. The van der Waals surface area contributed by atoms with Crippen LogP contribution in [0.4, 0.5) is 11.4 Å². The zero-order valence-electron chi connectivity index (χ0n) is 11.0. The third kappa shape index (κ3) is 4.36. The highest BCUT2D eigenvalue weighted by atomic mass is 79.9. The topological polar surface area (TPSA) is 72.2 Å². The van der Waals surface area contributed by atoms with Gasteiger partial charge in [-0.25, -0.2) is 8.42 Å². The number of nitrogens with one attached hydrogen (secondary N) is 1. The maximum Gasteiger partial charge on any atom is 0.233 e. The van der Waals surface area contributed by atoms with Crippen molar-refractivity contribution >= 4 is 53.3 Å². The van der Waals surface area contributed by atoms with Crippen molar-refractivity contribution in [1.82, 2.24) is 0 Å². The number of nitrogens with two attached hydrogens (primary N) is 1. The summed E-state index contributed by atoms with van der Waals surface area (Å²) in [5, 5.41) is 0. The highest BCUT2D eigenvalue weighted by molar-refractivity contribution is 9.11. The lowest BCUT2D eigenvalue weighted by Gasteiger charge is -2.22. The molecule has 0 heterocycles. The normalized spacial score (nSPS) is 17.1. The summed E-state index contributed by atoms with van der Waals surface area (Å²) >= 11 is 6.66. The van der Waals surface area contributed by atoms with Crippen LogP contribution in [0.5, 0.6) is 0 Å². The molecule has 0 amide bonds. The molecule has 1 aliphatic carbocycles. The van der Waals surface area contributed by atoms with E-state index in [4.69, 9.17) is 5.73 Å². The van der Waals surface area contributed by atoms with Crippen molar-refractivity contribution in [3.05, 3.63) is 21.1 Å². The van der Waals surface area contributed by atoms with E-state index in [1.165, 1.54) is 6.42 Å². The molecule has 20 heavy (non-hydrogen) atoms. The summed E-state index contributed by atoms with van der Waals surface area (Å²) in [6.45, 7) is 0. The second-order valence-corrected chi connectivity index (χ2v) is 8.78. The van der Waals surface area contributed by atoms with E-state index in [1.807, 2.05) is 0 Å². The minimum Gasteiger partial charge on any atom is -0.397 e. The smallest absolute Gasteiger partial charge is 0.233 e. The molecule has 0 radical (unpaired) electrons. The fourth-order valence-corrected chi connectivity index (χ4v) is 5.63. The van der Waals surface area contributed by atoms with Crippen LogP contribution in [0.2, 0.25) is 0 Å². The van der Waals surface area contributed by atoms with Gasteiger partial charge in [0.15, 0.2) is 0 Å². The molecule has 7 heteroatoms. The summed E-state index contributed by atoms with van der Waals surface area (Å²) in [4.78, 5) is 0. The lowest BCUT2D eigenvalue weighted by atomic mass is 9.91. The Morgan fingerprint density at radius 1 is 1.20 bits per heavy atom. The molecule has 1 aliphatic rings. The van der Waals surface area contributed by atoms with Gasteiger partial charge in [-0.15, -0.1) is 0 Å². The van der Waals surface area contributed by atoms with Crippen molar-refractivity contribution in [2.75, 3.05) is 16.2 Å². The molecule has 0 bridgehead atoms. The molecule has 2 rings (SSSR count). The van der Waals surface area contributed by atoms with Crippen molar-refractivity contribution in [3.63, 3.8) is 0 Å². The number of sulfonamides is 1. The van der Waals surface area contributed by atoms with E-state index in [1.54, 1.807) is 12.1 Å². The molecule has 1 saturated carbocycles. The second kappa shape index (κ2) is 6.66. The van der Waals surface area contributed by atoms with Crippen LogP contribution in [0.25, 0.3) is 0 Å². The number of anilines is 2. The van der Waals surface area contributed by atoms with Crippen LogP contribution in [-0.4, -0.2) is 14.2 Å². The maximum absolute atomic E-state index is 12.3. The first-order valence-corrected chi connectivity index (χ1v) is 9.86. The minimum atomic E-state index is -3.37. The molecule has 1 aromatic carbocycles. The first-order chi connectivity index (χ1) is 9.37. The van der Waals surface area contributed by atoms with E-state index in [0.29, 0.717) is 15.8 Å². The number of nitrogen functional groups attached to an aromatic ring is 1. The summed E-state index contributed by atoms with van der Waals surface area (Å²) in [6, 6.07) is 3.46. The zero-order chi connectivity index (χ0) is 14.8. The molecule has 0 saturated heterocycles. The number of halogens is 2. The molecule has 1 aromatic rings. The van der Waals surface area contributed by atoms with Gasteiger partial charge in [0.1, 0.15) is 0 Å². The third-order valence-electron chi connectivity index (χ3n) is 3.52. The Hall–Kier alpha value is -0.270. The summed E-state index contributed by atoms with van der Waals surface area (Å²) in [6.07, 6.45) is 5.47. The van der Waals surface area contributed by atoms with Gasteiger partial charge >= 0.3 is 0 Å². The van der Waals surface area contributed by atoms with E-state index < -0.39 is 10.0 Å². The Balaban J connectivity index is 2.11. The first kappa shape index (κ1) is 16.1. The summed E-state index contributed by atoms with van der Waals surface area (Å²) in [7, 11) is -3.37. The van der Waals surface area contributed by atoms with Gasteiger partial charge in [0.05, 0.1) is 17.1 Å². The molecule has 0 aromatic heterocycles. The van der Waals surface area contributed by atoms with Crippen molar-refractivity contribution in [2.45, 2.75) is 32.1 Å². The number of hydrogen-bond acceptors (Lipinski definition) is 3. The molecule has 1 fully saturated rings. The maximum atomic E-state index is 12.3. The van der Waals surface area contributed by atoms with Gasteiger partial charge in [-0.05, 0) is 46.8 Å². The third-order valence-corrected chi connectivity index (χ3v) is 6.03. The Labute approximate surface area is 136 Å². The summed E-state index contributed by atoms with van der Waals surface area (Å²) in [5.41, 5.74) is 6.70. The monoisotopic (exact) mass is 424 g/mol. The predicted octanol–water partition coefficient (Wildman–Crippen LogP) is 4.12. The van der Waals surface area contributed by atoms with Gasteiger partial charge in [0.25, 0.3) is 0 Å². The van der Waals surface area contributed by atoms with Gasteiger partial charge in [-0.1, -0.05) is 35.2 Å². The standard InChI is InChI=1S/C13H18Br2N2O2S/c14-10-6-11(15)13(12(16)7-10)17-20(18,19)8-9-4-2-1-3-5-9/h6-7,9,17H,1-5,8,16H2. The molecular formula is C13H18Br2N2O2S. The highest BCUT2D eigenvalue weighted by Gasteiger charge is 2.22. The van der Waals surface area contributed by atoms with Crippen LogP contribution in [-0.2, 0) is 10.0 Å². The molecule has 4 nitrogen and oxygen atoms in total. The van der Waals surface area contributed by atoms with Crippen LogP contribution in [0.1, 0.15) is 32.1 Å².